The van der Waals surface area contributed by atoms with E-state index < -0.39 is 0 Å². The quantitative estimate of drug-likeness (QED) is 0.203. The fraction of sp³-hybridized carbons (Fsp3) is 0.188. The van der Waals surface area contributed by atoms with Gasteiger partial charge < -0.3 is 20.7 Å². The Kier molecular flexibility index (Phi) is 8.72. The minimum absolute atomic E-state index is 0. The van der Waals surface area contributed by atoms with Crippen LogP contribution in [0.25, 0.3) is 22.0 Å². The number of aryl methyl sites for hydroxylation is 1. The zero-order valence-corrected chi connectivity index (χ0v) is 23.4. The van der Waals surface area contributed by atoms with Crippen molar-refractivity contribution in [2.75, 3.05) is 23.7 Å². The molecule has 9 heteroatoms. The number of hydrogen-bond donors (Lipinski definition) is 3. The molecule has 2 aromatic heterocycles. The standard InChI is InChI=1S/C32H30N6O2.ClH/c1-21-14-15-24-25(11-5-13-27(24)37-30(39)22-8-3-2-4-9-22)29(21)40-31-26(12-7-18-34-31)28-16-19-35-32(38-28)36-23-10-6-17-33-20-23;/h2-5,7-9,11-16,18-19,23,33H,6,10,17,20H2,1H3,(H,37,39)(H,35,36,38);1H/t23-;/m0./s1. The smallest absolute Gasteiger partial charge is 0.255 e. The number of hydrogen-bond acceptors (Lipinski definition) is 7. The number of benzene rings is 3. The van der Waals surface area contributed by atoms with Gasteiger partial charge in [0.2, 0.25) is 11.8 Å². The monoisotopic (exact) mass is 566 g/mol. The van der Waals surface area contributed by atoms with E-state index in [2.05, 4.69) is 25.9 Å². The number of nitrogens with one attached hydrogen (secondary N) is 3. The summed E-state index contributed by atoms with van der Waals surface area (Å²) in [6.45, 7) is 3.93. The molecule has 0 radical (unpaired) electrons. The van der Waals surface area contributed by atoms with E-state index in [4.69, 9.17) is 9.72 Å². The van der Waals surface area contributed by atoms with Gasteiger partial charge in [-0.15, -0.1) is 12.4 Å². The lowest BCUT2D eigenvalue weighted by molar-refractivity contribution is 0.102. The van der Waals surface area contributed by atoms with Gasteiger partial charge in [-0.05, 0) is 68.3 Å². The Bertz CT molecular complexity index is 1660. The molecule has 1 saturated heterocycles. The number of pyridine rings is 1. The summed E-state index contributed by atoms with van der Waals surface area (Å²) in [5.41, 5.74) is 3.74. The van der Waals surface area contributed by atoms with Crippen molar-refractivity contribution in [3.05, 3.63) is 102 Å². The molecule has 0 bridgehead atoms. The SMILES string of the molecule is Cc1ccc2c(NC(=O)c3ccccc3)cccc2c1Oc1ncccc1-c1ccnc(N[C@H]2CCCNC2)n1.Cl. The summed E-state index contributed by atoms with van der Waals surface area (Å²) in [5.74, 6) is 1.54. The Morgan fingerprint density at radius 3 is 2.63 bits per heavy atom. The van der Waals surface area contributed by atoms with E-state index in [1.165, 1.54) is 0 Å². The van der Waals surface area contributed by atoms with Crippen LogP contribution in [0.2, 0.25) is 0 Å². The number of nitrogens with zero attached hydrogens (tertiary/aromatic N) is 3. The largest absolute Gasteiger partial charge is 0.437 e. The molecule has 3 aromatic carbocycles. The fourth-order valence-electron chi connectivity index (χ4n) is 4.97. The van der Waals surface area contributed by atoms with Crippen LogP contribution in [0.15, 0.2) is 91.3 Å². The summed E-state index contributed by atoms with van der Waals surface area (Å²) in [6.07, 6.45) is 5.66. The maximum Gasteiger partial charge on any atom is 0.255 e. The molecule has 3 heterocycles. The second-order valence-electron chi connectivity index (χ2n) is 9.84. The van der Waals surface area contributed by atoms with Gasteiger partial charge >= 0.3 is 0 Å². The number of halogens is 1. The van der Waals surface area contributed by atoms with E-state index in [1.54, 1.807) is 24.5 Å². The number of rotatable bonds is 7. The molecule has 5 aromatic rings. The van der Waals surface area contributed by atoms with Gasteiger partial charge in [-0.2, -0.15) is 0 Å². The van der Waals surface area contributed by atoms with Crippen molar-refractivity contribution < 1.29 is 9.53 Å². The van der Waals surface area contributed by atoms with E-state index in [1.807, 2.05) is 73.7 Å². The first-order valence-corrected chi connectivity index (χ1v) is 13.5. The minimum Gasteiger partial charge on any atom is -0.437 e. The fourth-order valence-corrected chi connectivity index (χ4v) is 4.97. The summed E-state index contributed by atoms with van der Waals surface area (Å²) in [7, 11) is 0. The normalized spacial score (nSPS) is 14.6. The van der Waals surface area contributed by atoms with Crippen LogP contribution in [0.5, 0.6) is 11.6 Å². The molecule has 1 aliphatic rings. The molecule has 208 valence electrons. The third-order valence-electron chi connectivity index (χ3n) is 7.02. The lowest BCUT2D eigenvalue weighted by atomic mass is 10.0. The molecule has 1 fully saturated rings. The topological polar surface area (TPSA) is 101 Å². The minimum atomic E-state index is -0.166. The zero-order chi connectivity index (χ0) is 27.3. The van der Waals surface area contributed by atoms with Crippen LogP contribution in [0.3, 0.4) is 0 Å². The van der Waals surface area contributed by atoms with Crippen LogP contribution in [0.1, 0.15) is 28.8 Å². The predicted octanol–water partition coefficient (Wildman–Crippen LogP) is 6.63. The molecule has 1 amide bonds. The Labute approximate surface area is 245 Å². The molecule has 1 aliphatic heterocycles. The second-order valence-corrected chi connectivity index (χ2v) is 9.84. The highest BCUT2D eigenvalue weighted by molar-refractivity contribution is 6.10. The molecule has 0 saturated carbocycles. The average molecular weight is 567 g/mol. The van der Waals surface area contributed by atoms with Crippen LogP contribution >= 0.6 is 12.4 Å². The molecule has 6 rings (SSSR count). The van der Waals surface area contributed by atoms with Crippen molar-refractivity contribution in [1.29, 1.82) is 0 Å². The Balaban J connectivity index is 0.00000337. The van der Waals surface area contributed by atoms with Crippen molar-refractivity contribution in [2.45, 2.75) is 25.8 Å². The first-order valence-electron chi connectivity index (χ1n) is 13.5. The summed E-state index contributed by atoms with van der Waals surface area (Å²) in [4.78, 5) is 26.7. The van der Waals surface area contributed by atoms with Crippen molar-refractivity contribution in [2.24, 2.45) is 0 Å². The van der Waals surface area contributed by atoms with E-state index in [9.17, 15) is 4.79 Å². The molecular weight excluding hydrogens is 536 g/mol. The van der Waals surface area contributed by atoms with Crippen LogP contribution in [-0.2, 0) is 0 Å². The maximum absolute atomic E-state index is 12.9. The number of amides is 1. The molecule has 0 spiro atoms. The average Bonchev–Trinajstić information content (AvgIpc) is 3.00. The number of anilines is 2. The Morgan fingerprint density at radius 2 is 1.80 bits per heavy atom. The van der Waals surface area contributed by atoms with Crippen molar-refractivity contribution >= 4 is 40.7 Å². The highest BCUT2D eigenvalue weighted by Crippen LogP contribution is 2.38. The first kappa shape index (κ1) is 28.0. The molecule has 3 N–H and O–H groups in total. The van der Waals surface area contributed by atoms with Gasteiger partial charge in [-0.25, -0.2) is 15.0 Å². The van der Waals surface area contributed by atoms with Crippen LogP contribution in [-0.4, -0.2) is 40.0 Å². The van der Waals surface area contributed by atoms with Crippen LogP contribution in [0.4, 0.5) is 11.6 Å². The van der Waals surface area contributed by atoms with Crippen molar-refractivity contribution in [1.82, 2.24) is 20.3 Å². The molecule has 1 atom stereocenters. The van der Waals surface area contributed by atoms with Crippen LogP contribution < -0.4 is 20.7 Å². The highest BCUT2D eigenvalue weighted by Gasteiger charge is 2.18. The molecule has 41 heavy (non-hydrogen) atoms. The third-order valence-corrected chi connectivity index (χ3v) is 7.02. The van der Waals surface area contributed by atoms with Crippen LogP contribution in [0, 0.1) is 6.92 Å². The predicted molar refractivity (Wildman–Crippen MR) is 165 cm³/mol. The van der Waals surface area contributed by atoms with Gasteiger partial charge in [0.15, 0.2) is 0 Å². The summed E-state index contributed by atoms with van der Waals surface area (Å²) in [6, 6.07) is 24.9. The third kappa shape index (κ3) is 6.29. The zero-order valence-electron chi connectivity index (χ0n) is 22.6. The van der Waals surface area contributed by atoms with E-state index in [0.29, 0.717) is 34.9 Å². The summed E-state index contributed by atoms with van der Waals surface area (Å²) < 4.78 is 6.53. The first-order chi connectivity index (χ1) is 19.7. The van der Waals surface area contributed by atoms with Gasteiger partial charge in [0.05, 0.1) is 11.3 Å². The summed E-state index contributed by atoms with van der Waals surface area (Å²) in [5, 5.41) is 11.7. The van der Waals surface area contributed by atoms with Gasteiger partial charge in [-0.1, -0.05) is 42.5 Å². The lowest BCUT2D eigenvalue weighted by Crippen LogP contribution is -2.38. The van der Waals surface area contributed by atoms with Gasteiger partial charge in [0.1, 0.15) is 5.75 Å². The molecule has 8 nitrogen and oxygen atoms in total. The Morgan fingerprint density at radius 1 is 0.927 bits per heavy atom. The summed E-state index contributed by atoms with van der Waals surface area (Å²) >= 11 is 0. The highest BCUT2D eigenvalue weighted by atomic mass is 35.5. The number of ether oxygens (including phenoxy) is 1. The number of fused-ring (bicyclic) bond motifs is 1. The molecule has 0 aliphatic carbocycles. The number of piperidine rings is 1. The van der Waals surface area contributed by atoms with Gasteiger partial charge in [0.25, 0.3) is 5.91 Å². The Hall–Kier alpha value is -4.53. The van der Waals surface area contributed by atoms with E-state index in [-0.39, 0.29) is 18.3 Å². The van der Waals surface area contributed by atoms with Crippen molar-refractivity contribution in [3.63, 3.8) is 0 Å². The van der Waals surface area contributed by atoms with Gasteiger partial charge in [-0.3, -0.25) is 4.79 Å². The van der Waals surface area contributed by atoms with E-state index in [0.717, 1.165) is 53.5 Å². The maximum atomic E-state index is 12.9. The second kappa shape index (κ2) is 12.8. The van der Waals surface area contributed by atoms with Gasteiger partial charge in [0, 0.05) is 47.0 Å². The molecular formula is C32H31ClN6O2. The number of carbonyl (C=O) groups is 1. The van der Waals surface area contributed by atoms with E-state index >= 15 is 0 Å². The number of aromatic nitrogens is 3. The molecule has 0 unspecified atom stereocenters. The lowest BCUT2D eigenvalue weighted by Gasteiger charge is -2.23. The van der Waals surface area contributed by atoms with Crippen molar-refractivity contribution in [3.8, 4) is 22.9 Å². The number of carbonyl (C=O) groups excluding carboxylic acids is 1.